The zero-order valence-electron chi connectivity index (χ0n) is 13.2. The Hall–Kier alpha value is -0.870. The summed E-state index contributed by atoms with van der Waals surface area (Å²) < 4.78 is 2.10. The summed E-state index contributed by atoms with van der Waals surface area (Å²) in [5, 5.41) is 14.7. The van der Waals surface area contributed by atoms with Gasteiger partial charge in [-0.25, -0.2) is 0 Å². The Morgan fingerprint density at radius 3 is 2.90 bits per heavy atom. The van der Waals surface area contributed by atoms with Crippen molar-refractivity contribution >= 4 is 0 Å². The third kappa shape index (κ3) is 3.32. The summed E-state index contributed by atoms with van der Waals surface area (Å²) >= 11 is 0. The molecule has 2 heterocycles. The standard InChI is InChI=1S/C17H29N3O/c1-2-20-14(9-11-18-20)10-13-19-12-5-7-16(19)15-6-3-4-8-17(15)21/h9,11,15-17,21H,2-8,10,12-13H2,1H3. The van der Waals surface area contributed by atoms with E-state index in [1.54, 1.807) is 0 Å². The molecule has 1 N–H and O–H groups in total. The lowest BCUT2D eigenvalue weighted by molar-refractivity contribution is 0.0224. The van der Waals surface area contributed by atoms with Crippen molar-refractivity contribution in [1.82, 2.24) is 14.7 Å². The molecule has 1 aromatic heterocycles. The molecule has 4 nitrogen and oxygen atoms in total. The quantitative estimate of drug-likeness (QED) is 0.906. The number of aliphatic hydroxyl groups excluding tert-OH is 1. The smallest absolute Gasteiger partial charge is 0.0583 e. The van der Waals surface area contributed by atoms with E-state index < -0.39 is 0 Å². The zero-order valence-corrected chi connectivity index (χ0v) is 13.2. The lowest BCUT2D eigenvalue weighted by atomic mass is 9.80. The molecular formula is C17H29N3O. The molecule has 0 aromatic carbocycles. The fourth-order valence-corrected chi connectivity index (χ4v) is 4.32. The minimum Gasteiger partial charge on any atom is -0.393 e. The molecule has 0 spiro atoms. The van der Waals surface area contributed by atoms with Crippen molar-refractivity contribution in [3.63, 3.8) is 0 Å². The number of hydrogen-bond acceptors (Lipinski definition) is 3. The van der Waals surface area contributed by atoms with E-state index in [2.05, 4.69) is 27.7 Å². The van der Waals surface area contributed by atoms with Crippen molar-refractivity contribution in [2.45, 2.75) is 70.6 Å². The van der Waals surface area contributed by atoms with Gasteiger partial charge in [0, 0.05) is 43.4 Å². The van der Waals surface area contributed by atoms with Crippen molar-refractivity contribution in [3.8, 4) is 0 Å². The highest BCUT2D eigenvalue weighted by Crippen LogP contribution is 2.34. The second-order valence-corrected chi connectivity index (χ2v) is 6.65. The molecule has 118 valence electrons. The third-order valence-electron chi connectivity index (χ3n) is 5.45. The molecule has 0 radical (unpaired) electrons. The van der Waals surface area contributed by atoms with E-state index in [9.17, 15) is 5.11 Å². The van der Waals surface area contributed by atoms with Crippen molar-refractivity contribution in [2.75, 3.05) is 13.1 Å². The Labute approximate surface area is 128 Å². The number of rotatable bonds is 5. The number of aromatic nitrogens is 2. The number of aryl methyl sites for hydroxylation is 1. The van der Waals surface area contributed by atoms with E-state index in [0.29, 0.717) is 12.0 Å². The summed E-state index contributed by atoms with van der Waals surface area (Å²) in [6, 6.07) is 2.75. The van der Waals surface area contributed by atoms with Crippen LogP contribution in [0.1, 0.15) is 51.1 Å². The summed E-state index contributed by atoms with van der Waals surface area (Å²) in [6.45, 7) is 5.41. The lowest BCUT2D eigenvalue weighted by Gasteiger charge is -2.37. The molecule has 1 saturated carbocycles. The molecule has 1 aromatic rings. The molecule has 1 aliphatic heterocycles. The largest absolute Gasteiger partial charge is 0.393 e. The fourth-order valence-electron chi connectivity index (χ4n) is 4.32. The van der Waals surface area contributed by atoms with E-state index in [1.165, 1.54) is 44.3 Å². The molecule has 4 heteroatoms. The first-order valence-corrected chi connectivity index (χ1v) is 8.72. The molecule has 0 bridgehead atoms. The maximum Gasteiger partial charge on any atom is 0.0583 e. The van der Waals surface area contributed by atoms with E-state index in [1.807, 2.05) is 6.20 Å². The van der Waals surface area contributed by atoms with Gasteiger partial charge in [-0.3, -0.25) is 9.58 Å². The molecule has 1 aliphatic carbocycles. The molecule has 21 heavy (non-hydrogen) atoms. The highest BCUT2D eigenvalue weighted by Gasteiger charge is 2.36. The predicted octanol–water partition coefficient (Wildman–Crippen LogP) is 2.46. The summed E-state index contributed by atoms with van der Waals surface area (Å²) in [5.74, 6) is 0.511. The van der Waals surface area contributed by atoms with Gasteiger partial charge < -0.3 is 5.11 Å². The Balaban J connectivity index is 1.59. The van der Waals surface area contributed by atoms with E-state index >= 15 is 0 Å². The lowest BCUT2D eigenvalue weighted by Crippen LogP contribution is -2.43. The van der Waals surface area contributed by atoms with Gasteiger partial charge >= 0.3 is 0 Å². The van der Waals surface area contributed by atoms with Crippen LogP contribution in [0.15, 0.2) is 12.3 Å². The fraction of sp³-hybridized carbons (Fsp3) is 0.824. The monoisotopic (exact) mass is 291 g/mol. The van der Waals surface area contributed by atoms with Gasteiger partial charge in [0.15, 0.2) is 0 Å². The Morgan fingerprint density at radius 2 is 2.10 bits per heavy atom. The average Bonchev–Trinajstić information content (AvgIpc) is 3.14. The van der Waals surface area contributed by atoms with Gasteiger partial charge in [0.05, 0.1) is 6.10 Å². The van der Waals surface area contributed by atoms with E-state index in [-0.39, 0.29) is 6.10 Å². The molecule has 2 fully saturated rings. The third-order valence-corrected chi connectivity index (χ3v) is 5.45. The molecule has 2 aliphatic rings. The molecule has 1 saturated heterocycles. The second-order valence-electron chi connectivity index (χ2n) is 6.65. The summed E-state index contributed by atoms with van der Waals surface area (Å²) in [7, 11) is 0. The molecule has 3 atom stereocenters. The summed E-state index contributed by atoms with van der Waals surface area (Å²) in [4.78, 5) is 2.63. The van der Waals surface area contributed by atoms with Crippen LogP contribution in [0.4, 0.5) is 0 Å². The van der Waals surface area contributed by atoms with E-state index in [4.69, 9.17) is 0 Å². The van der Waals surface area contributed by atoms with Crippen molar-refractivity contribution in [1.29, 1.82) is 0 Å². The number of likely N-dealkylation sites (tertiary alicyclic amines) is 1. The van der Waals surface area contributed by atoms with Crippen LogP contribution in [0.2, 0.25) is 0 Å². The minimum absolute atomic E-state index is 0.0643. The van der Waals surface area contributed by atoms with Crippen molar-refractivity contribution < 1.29 is 5.11 Å². The first kappa shape index (κ1) is 15.0. The molecule has 3 unspecified atom stereocenters. The van der Waals surface area contributed by atoms with Crippen LogP contribution in [0.5, 0.6) is 0 Å². The van der Waals surface area contributed by atoms with Crippen LogP contribution >= 0.6 is 0 Å². The minimum atomic E-state index is -0.0643. The molecule has 0 amide bonds. The number of hydrogen-bond donors (Lipinski definition) is 1. The normalized spacial score (nSPS) is 30.9. The Morgan fingerprint density at radius 1 is 1.24 bits per heavy atom. The second kappa shape index (κ2) is 6.93. The Bertz CT molecular complexity index is 445. The van der Waals surface area contributed by atoms with E-state index in [0.717, 1.165) is 25.9 Å². The molecule has 3 rings (SSSR count). The Kier molecular flexibility index (Phi) is 4.96. The maximum atomic E-state index is 10.3. The van der Waals surface area contributed by atoms with Gasteiger partial charge in [-0.05, 0) is 45.2 Å². The highest BCUT2D eigenvalue weighted by molar-refractivity contribution is 5.02. The first-order valence-electron chi connectivity index (χ1n) is 8.72. The number of aliphatic hydroxyl groups is 1. The van der Waals surface area contributed by atoms with Crippen LogP contribution in [-0.2, 0) is 13.0 Å². The summed E-state index contributed by atoms with van der Waals surface area (Å²) in [6.07, 6.45) is 10.2. The maximum absolute atomic E-state index is 10.3. The average molecular weight is 291 g/mol. The topological polar surface area (TPSA) is 41.3 Å². The van der Waals surface area contributed by atoms with Crippen LogP contribution < -0.4 is 0 Å². The summed E-state index contributed by atoms with van der Waals surface area (Å²) in [5.41, 5.74) is 1.34. The van der Waals surface area contributed by atoms with Gasteiger partial charge in [0.2, 0.25) is 0 Å². The molecular weight excluding hydrogens is 262 g/mol. The van der Waals surface area contributed by atoms with Crippen LogP contribution in [0.25, 0.3) is 0 Å². The van der Waals surface area contributed by atoms with Crippen molar-refractivity contribution in [2.24, 2.45) is 5.92 Å². The van der Waals surface area contributed by atoms with Crippen LogP contribution in [-0.4, -0.2) is 45.0 Å². The van der Waals surface area contributed by atoms with Gasteiger partial charge in [0.25, 0.3) is 0 Å². The van der Waals surface area contributed by atoms with Crippen molar-refractivity contribution in [3.05, 3.63) is 18.0 Å². The van der Waals surface area contributed by atoms with Gasteiger partial charge in [-0.1, -0.05) is 12.8 Å². The van der Waals surface area contributed by atoms with Crippen LogP contribution in [0.3, 0.4) is 0 Å². The van der Waals surface area contributed by atoms with Gasteiger partial charge in [0.1, 0.15) is 0 Å². The zero-order chi connectivity index (χ0) is 14.7. The number of nitrogens with zero attached hydrogens (tertiary/aromatic N) is 3. The highest BCUT2D eigenvalue weighted by atomic mass is 16.3. The van der Waals surface area contributed by atoms with Gasteiger partial charge in [-0.2, -0.15) is 5.10 Å². The first-order chi connectivity index (χ1) is 10.3. The predicted molar refractivity (Wildman–Crippen MR) is 84.2 cm³/mol. The van der Waals surface area contributed by atoms with Gasteiger partial charge in [-0.15, -0.1) is 0 Å². The SMILES string of the molecule is CCn1nccc1CCN1CCCC1C1CCCCC1O. The van der Waals surface area contributed by atoms with Crippen LogP contribution in [0, 0.1) is 5.92 Å².